The zero-order valence-corrected chi connectivity index (χ0v) is 19.4. The highest BCUT2D eigenvalue weighted by atomic mass is 32.2. The molecule has 1 N–H and O–H groups in total. The maximum Gasteiger partial charge on any atom is 0.233 e. The number of aromatic nitrogens is 2. The van der Waals surface area contributed by atoms with E-state index in [1.165, 1.54) is 22.9 Å². The maximum atomic E-state index is 12.7. The molecule has 1 aromatic carbocycles. The zero-order valence-electron chi connectivity index (χ0n) is 18.6. The quantitative estimate of drug-likeness (QED) is 0.650. The van der Waals surface area contributed by atoms with Crippen LogP contribution in [0.3, 0.4) is 0 Å². The molecule has 0 atom stereocenters. The van der Waals surface area contributed by atoms with Gasteiger partial charge in [-0.3, -0.25) is 9.59 Å². The molecule has 0 unspecified atom stereocenters. The van der Waals surface area contributed by atoms with Crippen LogP contribution in [0.15, 0.2) is 41.4 Å². The molecule has 2 aliphatic heterocycles. The summed E-state index contributed by atoms with van der Waals surface area (Å²) in [5, 5.41) is 12.4. The number of amides is 2. The number of hydrogen-bond donors (Lipinski definition) is 1. The lowest BCUT2D eigenvalue weighted by Crippen LogP contribution is -2.41. The SMILES string of the molecule is CCCNC(=O)C1CCN(c2ccc(SCC(=O)N3CCc4ccccc4C3)nn2)CC1. The van der Waals surface area contributed by atoms with Gasteiger partial charge < -0.3 is 15.1 Å². The minimum Gasteiger partial charge on any atom is -0.356 e. The molecule has 0 saturated carbocycles. The van der Waals surface area contributed by atoms with Crippen molar-refractivity contribution in [2.75, 3.05) is 36.8 Å². The van der Waals surface area contributed by atoms with Crippen molar-refractivity contribution in [3.05, 3.63) is 47.5 Å². The average Bonchev–Trinajstić information content (AvgIpc) is 2.86. The van der Waals surface area contributed by atoms with Gasteiger partial charge in [-0.2, -0.15) is 0 Å². The van der Waals surface area contributed by atoms with Gasteiger partial charge in [0.05, 0.1) is 5.75 Å². The number of rotatable bonds is 7. The Bertz CT molecular complexity index is 928. The van der Waals surface area contributed by atoms with E-state index in [-0.39, 0.29) is 17.7 Å². The highest BCUT2D eigenvalue weighted by Gasteiger charge is 2.25. The molecular weight excluding hydrogens is 422 g/mol. The monoisotopic (exact) mass is 453 g/mol. The topological polar surface area (TPSA) is 78.4 Å². The van der Waals surface area contributed by atoms with E-state index in [1.807, 2.05) is 23.1 Å². The molecule has 8 heteroatoms. The number of hydrogen-bond acceptors (Lipinski definition) is 6. The van der Waals surface area contributed by atoms with Crippen molar-refractivity contribution < 1.29 is 9.59 Å². The number of anilines is 1. The van der Waals surface area contributed by atoms with Gasteiger partial charge in [0.15, 0.2) is 5.82 Å². The Morgan fingerprint density at radius 1 is 1.06 bits per heavy atom. The molecule has 0 aliphatic carbocycles. The highest BCUT2D eigenvalue weighted by Crippen LogP contribution is 2.24. The predicted octanol–water partition coefficient (Wildman–Crippen LogP) is 2.90. The lowest BCUT2D eigenvalue weighted by Gasteiger charge is -2.31. The Morgan fingerprint density at radius 3 is 2.56 bits per heavy atom. The summed E-state index contributed by atoms with van der Waals surface area (Å²) in [6.07, 6.45) is 3.54. The molecule has 1 fully saturated rings. The van der Waals surface area contributed by atoms with Gasteiger partial charge in [-0.05, 0) is 48.9 Å². The van der Waals surface area contributed by atoms with Crippen LogP contribution in [0, 0.1) is 5.92 Å². The summed E-state index contributed by atoms with van der Waals surface area (Å²) < 4.78 is 0. The van der Waals surface area contributed by atoms with E-state index in [0.29, 0.717) is 12.3 Å². The molecule has 2 aromatic rings. The lowest BCUT2D eigenvalue weighted by molar-refractivity contribution is -0.129. The van der Waals surface area contributed by atoms with E-state index in [4.69, 9.17) is 0 Å². The molecule has 3 heterocycles. The Morgan fingerprint density at radius 2 is 1.84 bits per heavy atom. The number of carbonyl (C=O) groups excluding carboxylic acids is 2. The van der Waals surface area contributed by atoms with Crippen LogP contribution >= 0.6 is 11.8 Å². The van der Waals surface area contributed by atoms with Gasteiger partial charge >= 0.3 is 0 Å². The predicted molar refractivity (Wildman–Crippen MR) is 127 cm³/mol. The smallest absolute Gasteiger partial charge is 0.233 e. The van der Waals surface area contributed by atoms with Crippen molar-refractivity contribution >= 4 is 29.4 Å². The normalized spacial score (nSPS) is 16.5. The molecule has 7 nitrogen and oxygen atoms in total. The first-order valence-corrected chi connectivity index (χ1v) is 12.5. The second-order valence-corrected chi connectivity index (χ2v) is 9.40. The maximum absolute atomic E-state index is 12.7. The van der Waals surface area contributed by atoms with Gasteiger partial charge in [-0.25, -0.2) is 0 Å². The number of thioether (sulfide) groups is 1. The molecular formula is C24H31N5O2S. The number of carbonyl (C=O) groups is 2. The van der Waals surface area contributed by atoms with Crippen molar-refractivity contribution in [1.82, 2.24) is 20.4 Å². The van der Waals surface area contributed by atoms with Gasteiger partial charge in [0.1, 0.15) is 5.03 Å². The van der Waals surface area contributed by atoms with Crippen LogP contribution in [0.4, 0.5) is 5.82 Å². The van der Waals surface area contributed by atoms with Gasteiger partial charge in [0, 0.05) is 38.6 Å². The molecule has 170 valence electrons. The minimum absolute atomic E-state index is 0.0911. The first-order chi connectivity index (χ1) is 15.6. The van der Waals surface area contributed by atoms with Crippen molar-refractivity contribution in [2.45, 2.75) is 44.2 Å². The molecule has 1 aromatic heterocycles. The molecule has 0 radical (unpaired) electrons. The van der Waals surface area contributed by atoms with Crippen LogP contribution in [0.2, 0.25) is 0 Å². The summed E-state index contributed by atoms with van der Waals surface area (Å²) in [6, 6.07) is 12.2. The Kier molecular flexibility index (Phi) is 7.63. The summed E-state index contributed by atoms with van der Waals surface area (Å²) in [4.78, 5) is 28.9. The third-order valence-electron chi connectivity index (χ3n) is 6.19. The second kappa shape index (κ2) is 10.8. The van der Waals surface area contributed by atoms with Gasteiger partial charge in [0.2, 0.25) is 11.8 Å². The number of piperidine rings is 1. The first kappa shape index (κ1) is 22.6. The molecule has 1 saturated heterocycles. The summed E-state index contributed by atoms with van der Waals surface area (Å²) in [6.45, 7) is 5.88. The van der Waals surface area contributed by atoms with Crippen LogP contribution < -0.4 is 10.2 Å². The molecule has 0 spiro atoms. The van der Waals surface area contributed by atoms with Crippen molar-refractivity contribution in [3.8, 4) is 0 Å². The summed E-state index contributed by atoms with van der Waals surface area (Å²) in [7, 11) is 0. The first-order valence-electron chi connectivity index (χ1n) is 11.5. The van der Waals surface area contributed by atoms with Crippen LogP contribution in [-0.2, 0) is 22.6 Å². The Balaban J connectivity index is 1.23. The zero-order chi connectivity index (χ0) is 22.3. The third-order valence-corrected chi connectivity index (χ3v) is 7.10. The molecule has 2 amide bonds. The fourth-order valence-corrected chi connectivity index (χ4v) is 4.97. The highest BCUT2D eigenvalue weighted by molar-refractivity contribution is 7.99. The molecule has 4 rings (SSSR count). The van der Waals surface area contributed by atoms with E-state index in [0.717, 1.165) is 62.7 Å². The van der Waals surface area contributed by atoms with E-state index >= 15 is 0 Å². The largest absolute Gasteiger partial charge is 0.356 e. The Labute approximate surface area is 194 Å². The van der Waals surface area contributed by atoms with Gasteiger partial charge in [-0.15, -0.1) is 10.2 Å². The van der Waals surface area contributed by atoms with Crippen LogP contribution in [0.25, 0.3) is 0 Å². The third kappa shape index (κ3) is 5.59. The summed E-state index contributed by atoms with van der Waals surface area (Å²) in [5.74, 6) is 1.60. The number of fused-ring (bicyclic) bond motifs is 1. The molecule has 2 aliphatic rings. The number of benzene rings is 1. The summed E-state index contributed by atoms with van der Waals surface area (Å²) >= 11 is 1.43. The second-order valence-electron chi connectivity index (χ2n) is 8.40. The average molecular weight is 454 g/mol. The van der Waals surface area contributed by atoms with Crippen LogP contribution in [0.1, 0.15) is 37.3 Å². The number of nitrogens with one attached hydrogen (secondary N) is 1. The van der Waals surface area contributed by atoms with Crippen molar-refractivity contribution in [1.29, 1.82) is 0 Å². The van der Waals surface area contributed by atoms with Crippen molar-refractivity contribution in [3.63, 3.8) is 0 Å². The lowest BCUT2D eigenvalue weighted by atomic mass is 9.96. The fraction of sp³-hybridized carbons (Fsp3) is 0.500. The van der Waals surface area contributed by atoms with E-state index in [1.54, 1.807) is 0 Å². The van der Waals surface area contributed by atoms with Gasteiger partial charge in [-0.1, -0.05) is 43.0 Å². The number of nitrogens with zero attached hydrogens (tertiary/aromatic N) is 4. The summed E-state index contributed by atoms with van der Waals surface area (Å²) in [5.41, 5.74) is 2.59. The van der Waals surface area contributed by atoms with Crippen molar-refractivity contribution in [2.24, 2.45) is 5.92 Å². The molecule has 0 bridgehead atoms. The standard InChI is InChI=1S/C24H31N5O2S/c1-2-12-25-24(31)19-10-13-28(14-11-19)21-7-8-22(27-26-21)32-17-23(30)29-15-9-18-5-3-4-6-20(18)16-29/h3-8,19H,2,9-17H2,1H3,(H,25,31). The van der Waals surface area contributed by atoms with Gasteiger partial charge in [0.25, 0.3) is 0 Å². The van der Waals surface area contributed by atoms with Crippen LogP contribution in [0.5, 0.6) is 0 Å². The molecule has 32 heavy (non-hydrogen) atoms. The van der Waals surface area contributed by atoms with Crippen LogP contribution in [-0.4, -0.2) is 58.8 Å². The Hall–Kier alpha value is -2.61. The van der Waals surface area contributed by atoms with E-state index < -0.39 is 0 Å². The minimum atomic E-state index is 0.0911. The van der Waals surface area contributed by atoms with E-state index in [2.05, 4.69) is 45.5 Å². The fourth-order valence-electron chi connectivity index (χ4n) is 4.26. The van der Waals surface area contributed by atoms with E-state index in [9.17, 15) is 9.59 Å².